The van der Waals surface area contributed by atoms with Crippen LogP contribution >= 0.6 is 0 Å². The normalized spacial score (nSPS) is 15.0. The first-order valence-electron chi connectivity index (χ1n) is 7.59. The van der Waals surface area contributed by atoms with Crippen molar-refractivity contribution in [3.63, 3.8) is 0 Å². The lowest BCUT2D eigenvalue weighted by Gasteiger charge is -2.17. The zero-order valence-electron chi connectivity index (χ0n) is 13.7. The Balaban J connectivity index is 2.58. The van der Waals surface area contributed by atoms with Gasteiger partial charge in [-0.05, 0) is 38.5 Å². The van der Waals surface area contributed by atoms with E-state index in [1.807, 2.05) is 31.2 Å². The first-order chi connectivity index (χ1) is 10.5. The van der Waals surface area contributed by atoms with Gasteiger partial charge in [-0.2, -0.15) is 0 Å². The average molecular weight is 310 g/mol. The van der Waals surface area contributed by atoms with Gasteiger partial charge in [0.15, 0.2) is 6.10 Å². The molecule has 1 rings (SSSR count). The lowest BCUT2D eigenvalue weighted by molar-refractivity contribution is -0.154. The molecule has 1 N–H and O–H groups in total. The zero-order valence-corrected chi connectivity index (χ0v) is 13.7. The standard InChI is InChI=1S/C17H26O5/c1-5-21-17(19)16(20-4)11-14-6-8-15(9-7-14)22-13(3)10-12(2)18/h6-9,12-13,16,18H,5,10-11H2,1-4H3/t12-,13+,16-/m0/s1. The van der Waals surface area contributed by atoms with Crippen LogP contribution in [0.15, 0.2) is 24.3 Å². The van der Waals surface area contributed by atoms with Gasteiger partial charge in [0.05, 0.1) is 18.8 Å². The number of ether oxygens (including phenoxy) is 3. The van der Waals surface area contributed by atoms with E-state index in [1.54, 1.807) is 13.8 Å². The van der Waals surface area contributed by atoms with Crippen LogP contribution in [0.3, 0.4) is 0 Å². The van der Waals surface area contributed by atoms with E-state index in [-0.39, 0.29) is 18.2 Å². The molecular weight excluding hydrogens is 284 g/mol. The fourth-order valence-corrected chi connectivity index (χ4v) is 2.18. The molecule has 22 heavy (non-hydrogen) atoms. The molecule has 0 aliphatic heterocycles. The Morgan fingerprint density at radius 3 is 2.36 bits per heavy atom. The van der Waals surface area contributed by atoms with Gasteiger partial charge in [0.2, 0.25) is 0 Å². The number of aliphatic hydroxyl groups excluding tert-OH is 1. The third-order valence-electron chi connectivity index (χ3n) is 3.19. The highest BCUT2D eigenvalue weighted by molar-refractivity contribution is 5.75. The number of esters is 1. The minimum absolute atomic E-state index is 0.0582. The Hall–Kier alpha value is -1.59. The van der Waals surface area contributed by atoms with Crippen LogP contribution in [0.5, 0.6) is 5.75 Å². The van der Waals surface area contributed by atoms with E-state index in [0.717, 1.165) is 11.3 Å². The zero-order chi connectivity index (χ0) is 16.5. The number of carbonyl (C=O) groups excluding carboxylic acids is 1. The summed E-state index contributed by atoms with van der Waals surface area (Å²) in [6, 6.07) is 7.50. The SMILES string of the molecule is CCOC(=O)[C@H](Cc1ccc(O[C@H](C)C[C@H](C)O)cc1)OC. The summed E-state index contributed by atoms with van der Waals surface area (Å²) in [6.07, 6.45) is -0.00541. The van der Waals surface area contributed by atoms with Gasteiger partial charge in [0.1, 0.15) is 5.75 Å². The number of aliphatic hydroxyl groups is 1. The molecule has 0 heterocycles. The number of rotatable bonds is 9. The molecule has 0 fully saturated rings. The molecule has 0 saturated heterocycles. The maximum absolute atomic E-state index is 11.7. The molecule has 3 atom stereocenters. The quantitative estimate of drug-likeness (QED) is 0.709. The van der Waals surface area contributed by atoms with Crippen molar-refractivity contribution in [1.29, 1.82) is 0 Å². The molecule has 0 amide bonds. The third kappa shape index (κ3) is 6.45. The van der Waals surface area contributed by atoms with Crippen molar-refractivity contribution in [1.82, 2.24) is 0 Å². The Morgan fingerprint density at radius 2 is 1.86 bits per heavy atom. The van der Waals surface area contributed by atoms with E-state index in [4.69, 9.17) is 14.2 Å². The minimum Gasteiger partial charge on any atom is -0.491 e. The van der Waals surface area contributed by atoms with Crippen molar-refractivity contribution < 1.29 is 24.1 Å². The first-order valence-corrected chi connectivity index (χ1v) is 7.59. The van der Waals surface area contributed by atoms with Crippen LogP contribution in [0, 0.1) is 0 Å². The molecule has 0 aromatic heterocycles. The molecule has 124 valence electrons. The summed E-state index contributed by atoms with van der Waals surface area (Å²) >= 11 is 0. The predicted octanol–water partition coefficient (Wildman–Crippen LogP) is 2.35. The van der Waals surface area contributed by atoms with Crippen LogP contribution in [0.1, 0.15) is 32.8 Å². The van der Waals surface area contributed by atoms with Crippen molar-refractivity contribution in [3.8, 4) is 5.75 Å². The number of benzene rings is 1. The Labute approximate surface area is 132 Å². The Morgan fingerprint density at radius 1 is 1.23 bits per heavy atom. The number of hydrogen-bond acceptors (Lipinski definition) is 5. The van der Waals surface area contributed by atoms with Crippen molar-refractivity contribution in [2.45, 2.75) is 51.9 Å². The summed E-state index contributed by atoms with van der Waals surface area (Å²) in [5, 5.41) is 9.33. The maximum Gasteiger partial charge on any atom is 0.335 e. The summed E-state index contributed by atoms with van der Waals surface area (Å²) in [5.74, 6) is 0.387. The number of hydrogen-bond donors (Lipinski definition) is 1. The van der Waals surface area contributed by atoms with Crippen LogP contribution in [0.4, 0.5) is 0 Å². The molecule has 0 saturated carbocycles. The molecule has 1 aromatic rings. The van der Waals surface area contributed by atoms with Gasteiger partial charge in [-0.25, -0.2) is 4.79 Å². The summed E-state index contributed by atoms with van der Waals surface area (Å²) in [5.41, 5.74) is 0.968. The highest BCUT2D eigenvalue weighted by Gasteiger charge is 2.19. The first kappa shape index (κ1) is 18.5. The van der Waals surface area contributed by atoms with E-state index >= 15 is 0 Å². The maximum atomic E-state index is 11.7. The van der Waals surface area contributed by atoms with Crippen molar-refractivity contribution in [2.75, 3.05) is 13.7 Å². The van der Waals surface area contributed by atoms with Crippen LogP contribution in [-0.2, 0) is 20.7 Å². The van der Waals surface area contributed by atoms with E-state index in [1.165, 1.54) is 7.11 Å². The van der Waals surface area contributed by atoms with E-state index < -0.39 is 6.10 Å². The lowest BCUT2D eigenvalue weighted by atomic mass is 10.1. The van der Waals surface area contributed by atoms with Crippen LogP contribution < -0.4 is 4.74 Å². The topological polar surface area (TPSA) is 65.0 Å². The Kier molecular flexibility index (Phi) is 7.91. The highest BCUT2D eigenvalue weighted by Crippen LogP contribution is 2.17. The largest absolute Gasteiger partial charge is 0.491 e. The van der Waals surface area contributed by atoms with Crippen molar-refractivity contribution in [2.24, 2.45) is 0 Å². The van der Waals surface area contributed by atoms with E-state index in [2.05, 4.69) is 0 Å². The molecule has 0 radical (unpaired) electrons. The smallest absolute Gasteiger partial charge is 0.335 e. The van der Waals surface area contributed by atoms with Gasteiger partial charge in [-0.3, -0.25) is 0 Å². The van der Waals surface area contributed by atoms with Crippen LogP contribution in [-0.4, -0.2) is 43.1 Å². The van der Waals surface area contributed by atoms with Gasteiger partial charge in [0.25, 0.3) is 0 Å². The summed E-state index contributed by atoms with van der Waals surface area (Å²) in [4.78, 5) is 11.7. The second-order valence-electron chi connectivity index (χ2n) is 5.34. The molecule has 5 heteroatoms. The molecule has 0 spiro atoms. The molecule has 1 aromatic carbocycles. The van der Waals surface area contributed by atoms with Gasteiger partial charge in [-0.1, -0.05) is 12.1 Å². The monoisotopic (exact) mass is 310 g/mol. The summed E-state index contributed by atoms with van der Waals surface area (Å²) < 4.78 is 15.9. The van der Waals surface area contributed by atoms with Crippen LogP contribution in [0.25, 0.3) is 0 Å². The van der Waals surface area contributed by atoms with E-state index in [0.29, 0.717) is 19.4 Å². The molecule has 5 nitrogen and oxygen atoms in total. The number of carbonyl (C=O) groups is 1. The average Bonchev–Trinajstić information content (AvgIpc) is 2.45. The second-order valence-corrected chi connectivity index (χ2v) is 5.34. The van der Waals surface area contributed by atoms with Gasteiger partial charge in [0, 0.05) is 20.0 Å². The minimum atomic E-state index is -0.596. The van der Waals surface area contributed by atoms with Crippen LogP contribution in [0.2, 0.25) is 0 Å². The fraction of sp³-hybridized carbons (Fsp3) is 0.588. The number of methoxy groups -OCH3 is 1. The molecule has 0 aliphatic carbocycles. The highest BCUT2D eigenvalue weighted by atomic mass is 16.6. The summed E-state index contributed by atoms with van der Waals surface area (Å²) in [7, 11) is 1.50. The molecule has 0 aliphatic rings. The molecular formula is C17H26O5. The Bertz CT molecular complexity index is 441. The summed E-state index contributed by atoms with van der Waals surface area (Å²) in [6.45, 7) is 5.77. The van der Waals surface area contributed by atoms with Gasteiger partial charge in [-0.15, -0.1) is 0 Å². The van der Waals surface area contributed by atoms with Crippen molar-refractivity contribution in [3.05, 3.63) is 29.8 Å². The third-order valence-corrected chi connectivity index (χ3v) is 3.19. The van der Waals surface area contributed by atoms with Crippen molar-refractivity contribution >= 4 is 5.97 Å². The fourth-order valence-electron chi connectivity index (χ4n) is 2.18. The van der Waals surface area contributed by atoms with Gasteiger partial charge < -0.3 is 19.3 Å². The van der Waals surface area contributed by atoms with Gasteiger partial charge >= 0.3 is 5.97 Å². The van der Waals surface area contributed by atoms with E-state index in [9.17, 15) is 9.90 Å². The molecule has 0 unspecified atom stereocenters. The lowest BCUT2D eigenvalue weighted by Crippen LogP contribution is -2.27. The second kappa shape index (κ2) is 9.43. The molecule has 0 bridgehead atoms. The predicted molar refractivity (Wildman–Crippen MR) is 84.0 cm³/mol.